The Morgan fingerprint density at radius 1 is 1.64 bits per heavy atom. The van der Waals surface area contributed by atoms with Gasteiger partial charge in [-0.15, -0.1) is 0 Å². The molecule has 0 spiro atoms. The summed E-state index contributed by atoms with van der Waals surface area (Å²) in [7, 11) is 1.54. The molecule has 0 bridgehead atoms. The minimum atomic E-state index is -0.479. The molecule has 0 aliphatic rings. The fourth-order valence-corrected chi connectivity index (χ4v) is 0.981. The van der Waals surface area contributed by atoms with Crippen molar-refractivity contribution in [2.75, 3.05) is 7.05 Å². The molecule has 0 saturated carbocycles. The third kappa shape index (κ3) is 2.09. The molecule has 1 heterocycles. The van der Waals surface area contributed by atoms with Gasteiger partial charge in [0.1, 0.15) is 5.84 Å². The lowest BCUT2D eigenvalue weighted by molar-refractivity contribution is 0.744. The van der Waals surface area contributed by atoms with Gasteiger partial charge in [-0.05, 0) is 6.92 Å². The molecule has 0 amide bonds. The Bertz CT molecular complexity index is 469. The molecular weight excluding hydrogens is 184 g/mol. The topological polar surface area (TPSA) is 93.2 Å². The van der Waals surface area contributed by atoms with Gasteiger partial charge in [-0.3, -0.25) is 19.3 Å². The van der Waals surface area contributed by atoms with Crippen molar-refractivity contribution in [3.63, 3.8) is 0 Å². The normalized spacial score (nSPS) is 11.7. The lowest BCUT2D eigenvalue weighted by atomic mass is 10.4. The van der Waals surface area contributed by atoms with Crippen LogP contribution in [-0.2, 0) is 6.54 Å². The van der Waals surface area contributed by atoms with E-state index in [1.807, 2.05) is 0 Å². The van der Waals surface area contributed by atoms with Crippen molar-refractivity contribution in [3.05, 3.63) is 32.6 Å². The summed E-state index contributed by atoms with van der Waals surface area (Å²) in [5.41, 5.74) is 5.07. The number of nitrogens with two attached hydrogens (primary N) is 1. The van der Waals surface area contributed by atoms with Crippen molar-refractivity contribution < 1.29 is 0 Å². The SMILES string of the molecule is CN=C(N)Cn1cc(C)c(=O)[nH]c1=O. The molecular formula is C8H12N4O2. The van der Waals surface area contributed by atoms with Crippen molar-refractivity contribution in [1.82, 2.24) is 9.55 Å². The zero-order valence-corrected chi connectivity index (χ0v) is 8.07. The molecule has 3 N–H and O–H groups in total. The summed E-state index contributed by atoms with van der Waals surface area (Å²) in [5, 5.41) is 0. The molecule has 0 unspecified atom stereocenters. The van der Waals surface area contributed by atoms with Gasteiger partial charge in [0.15, 0.2) is 0 Å². The van der Waals surface area contributed by atoms with E-state index in [9.17, 15) is 9.59 Å². The largest absolute Gasteiger partial charge is 0.386 e. The van der Waals surface area contributed by atoms with Crippen LogP contribution in [-0.4, -0.2) is 22.4 Å². The maximum atomic E-state index is 11.2. The number of aryl methyl sites for hydroxylation is 1. The fraction of sp³-hybridized carbons (Fsp3) is 0.375. The number of aliphatic imine (C=N–C) groups is 1. The first-order valence-corrected chi connectivity index (χ1v) is 4.06. The van der Waals surface area contributed by atoms with Gasteiger partial charge in [0.2, 0.25) is 0 Å². The van der Waals surface area contributed by atoms with E-state index in [1.165, 1.54) is 10.8 Å². The average molecular weight is 196 g/mol. The average Bonchev–Trinajstić information content (AvgIpc) is 2.14. The first kappa shape index (κ1) is 10.2. The van der Waals surface area contributed by atoms with Gasteiger partial charge >= 0.3 is 5.69 Å². The maximum Gasteiger partial charge on any atom is 0.328 e. The summed E-state index contributed by atoms with van der Waals surface area (Å²) in [6.45, 7) is 1.81. The minimum Gasteiger partial charge on any atom is -0.386 e. The van der Waals surface area contributed by atoms with Gasteiger partial charge in [-0.25, -0.2) is 4.79 Å². The highest BCUT2D eigenvalue weighted by Crippen LogP contribution is 1.84. The van der Waals surface area contributed by atoms with Gasteiger partial charge in [0, 0.05) is 18.8 Å². The van der Waals surface area contributed by atoms with Crippen molar-refractivity contribution in [3.8, 4) is 0 Å². The third-order valence-electron chi connectivity index (χ3n) is 1.81. The highest BCUT2D eigenvalue weighted by molar-refractivity contribution is 5.79. The van der Waals surface area contributed by atoms with E-state index in [0.29, 0.717) is 11.4 Å². The van der Waals surface area contributed by atoms with E-state index in [4.69, 9.17) is 5.73 Å². The molecule has 6 heteroatoms. The van der Waals surface area contributed by atoms with Gasteiger partial charge in [0.25, 0.3) is 5.56 Å². The van der Waals surface area contributed by atoms with Crippen LogP contribution in [0.3, 0.4) is 0 Å². The summed E-state index contributed by atoms with van der Waals surface area (Å²) < 4.78 is 1.30. The Balaban J connectivity index is 3.17. The van der Waals surface area contributed by atoms with Crippen LogP contribution in [0.4, 0.5) is 0 Å². The van der Waals surface area contributed by atoms with E-state index < -0.39 is 5.69 Å². The fourth-order valence-electron chi connectivity index (χ4n) is 0.981. The minimum absolute atomic E-state index is 0.187. The molecule has 6 nitrogen and oxygen atoms in total. The zero-order valence-electron chi connectivity index (χ0n) is 8.07. The summed E-state index contributed by atoms with van der Waals surface area (Å²) in [5.74, 6) is 0.332. The Morgan fingerprint density at radius 2 is 2.29 bits per heavy atom. The number of rotatable bonds is 2. The van der Waals surface area contributed by atoms with Crippen LogP contribution < -0.4 is 17.0 Å². The Kier molecular flexibility index (Phi) is 2.85. The van der Waals surface area contributed by atoms with Gasteiger partial charge < -0.3 is 5.73 Å². The second-order valence-electron chi connectivity index (χ2n) is 2.91. The monoisotopic (exact) mass is 196 g/mol. The van der Waals surface area contributed by atoms with Gasteiger partial charge in [-0.2, -0.15) is 0 Å². The first-order valence-electron chi connectivity index (χ1n) is 4.06. The molecule has 1 aromatic rings. The molecule has 1 rings (SSSR count). The molecule has 0 aliphatic heterocycles. The highest BCUT2D eigenvalue weighted by Gasteiger charge is 2.01. The van der Waals surface area contributed by atoms with E-state index in [-0.39, 0.29) is 12.1 Å². The lowest BCUT2D eigenvalue weighted by Gasteiger charge is -2.04. The number of amidine groups is 1. The molecule has 0 radical (unpaired) electrons. The van der Waals surface area contributed by atoms with Crippen molar-refractivity contribution in [2.24, 2.45) is 10.7 Å². The predicted octanol–water partition coefficient (Wildman–Crippen LogP) is -1.17. The Morgan fingerprint density at radius 3 is 2.86 bits per heavy atom. The maximum absolute atomic E-state index is 11.2. The number of nitrogens with one attached hydrogen (secondary N) is 1. The molecule has 0 fully saturated rings. The standard InChI is InChI=1S/C8H12N4O2/c1-5-3-12(4-6(9)10-2)8(14)11-7(5)13/h3H,4H2,1-2H3,(H2,9,10)(H,11,13,14). The van der Waals surface area contributed by atoms with Gasteiger partial charge in [-0.1, -0.05) is 0 Å². The van der Waals surface area contributed by atoms with E-state index in [1.54, 1.807) is 14.0 Å². The smallest absolute Gasteiger partial charge is 0.328 e. The van der Waals surface area contributed by atoms with E-state index in [2.05, 4.69) is 9.98 Å². The molecule has 14 heavy (non-hydrogen) atoms. The summed E-state index contributed by atoms with van der Waals surface area (Å²) in [4.78, 5) is 28.2. The Hall–Kier alpha value is -1.85. The number of aromatic amines is 1. The van der Waals surface area contributed by atoms with Crippen LogP contribution in [0.15, 0.2) is 20.8 Å². The highest BCUT2D eigenvalue weighted by atomic mass is 16.2. The van der Waals surface area contributed by atoms with Crippen LogP contribution >= 0.6 is 0 Å². The van der Waals surface area contributed by atoms with E-state index >= 15 is 0 Å². The molecule has 76 valence electrons. The third-order valence-corrected chi connectivity index (χ3v) is 1.81. The quantitative estimate of drug-likeness (QED) is 0.461. The molecule has 0 atom stereocenters. The van der Waals surface area contributed by atoms with Crippen LogP contribution in [0, 0.1) is 6.92 Å². The number of hydrogen-bond acceptors (Lipinski definition) is 3. The van der Waals surface area contributed by atoms with E-state index in [0.717, 1.165) is 0 Å². The summed E-state index contributed by atoms with van der Waals surface area (Å²) in [6, 6.07) is 0. The van der Waals surface area contributed by atoms with Crippen LogP contribution in [0.2, 0.25) is 0 Å². The van der Waals surface area contributed by atoms with Crippen molar-refractivity contribution >= 4 is 5.84 Å². The Labute approximate surface area is 80.1 Å². The summed E-state index contributed by atoms with van der Waals surface area (Å²) in [6.07, 6.45) is 1.46. The number of hydrogen-bond donors (Lipinski definition) is 2. The molecule has 0 saturated heterocycles. The molecule has 0 aromatic carbocycles. The number of H-pyrrole nitrogens is 1. The van der Waals surface area contributed by atoms with Crippen LogP contribution in [0.1, 0.15) is 5.56 Å². The molecule has 1 aromatic heterocycles. The lowest BCUT2D eigenvalue weighted by Crippen LogP contribution is -2.34. The molecule has 0 aliphatic carbocycles. The number of aromatic nitrogens is 2. The van der Waals surface area contributed by atoms with Crippen molar-refractivity contribution in [1.29, 1.82) is 0 Å². The zero-order chi connectivity index (χ0) is 10.7. The number of nitrogens with zero attached hydrogens (tertiary/aromatic N) is 2. The first-order chi connectivity index (χ1) is 6.54. The van der Waals surface area contributed by atoms with Crippen LogP contribution in [0.5, 0.6) is 0 Å². The van der Waals surface area contributed by atoms with Crippen LogP contribution in [0.25, 0.3) is 0 Å². The van der Waals surface area contributed by atoms with Crippen molar-refractivity contribution in [2.45, 2.75) is 13.5 Å². The second-order valence-corrected chi connectivity index (χ2v) is 2.91. The second kappa shape index (κ2) is 3.91. The van der Waals surface area contributed by atoms with Gasteiger partial charge in [0.05, 0.1) is 6.54 Å². The predicted molar refractivity (Wildman–Crippen MR) is 53.6 cm³/mol. The summed E-state index contributed by atoms with van der Waals surface area (Å²) >= 11 is 0.